The molecule has 0 saturated carbocycles. The molecule has 38 nitrogen and oxygen atoms in total. The molecule has 5 heterocycles. The molecule has 30 atom stereocenters. The Kier molecular flexibility index (Phi) is 26.8. The van der Waals surface area contributed by atoms with Gasteiger partial charge in [-0.2, -0.15) is 0 Å². The third kappa shape index (κ3) is 16.9. The van der Waals surface area contributed by atoms with E-state index in [2.05, 4.69) is 21.3 Å². The van der Waals surface area contributed by atoms with Gasteiger partial charge in [-0.25, -0.2) is 4.79 Å². The van der Waals surface area contributed by atoms with E-state index < -0.39 is 266 Å². The second-order valence-electron chi connectivity index (χ2n) is 20.9. The maximum absolute atomic E-state index is 13.5. The quantitative estimate of drug-likeness (QED) is 0.0363. The molecule has 0 aliphatic carbocycles. The van der Waals surface area contributed by atoms with Gasteiger partial charge in [0.2, 0.25) is 23.6 Å². The van der Waals surface area contributed by atoms with Crippen LogP contribution in [0.3, 0.4) is 0 Å². The van der Waals surface area contributed by atoms with E-state index in [4.69, 9.17) is 47.4 Å². The lowest BCUT2D eigenvalue weighted by Crippen LogP contribution is -2.71. The molecular weight excluding hydrogens is 1160 g/mol. The van der Waals surface area contributed by atoms with E-state index >= 15 is 0 Å². The highest BCUT2D eigenvalue weighted by Crippen LogP contribution is 2.40. The summed E-state index contributed by atoms with van der Waals surface area (Å²) in [5.41, 5.74) is 0. The lowest BCUT2D eigenvalue weighted by atomic mass is 9.88. The van der Waals surface area contributed by atoms with Gasteiger partial charge < -0.3 is 166 Å². The molecule has 0 bridgehead atoms. The number of hydrogen-bond acceptors (Lipinski definition) is 33. The summed E-state index contributed by atoms with van der Waals surface area (Å²) in [5, 5.41) is 215. The van der Waals surface area contributed by atoms with E-state index in [-0.39, 0.29) is 0 Å². The molecule has 5 saturated heterocycles. The van der Waals surface area contributed by atoms with Crippen LogP contribution in [0.4, 0.5) is 0 Å². The number of aliphatic carboxylic acids is 1. The summed E-state index contributed by atoms with van der Waals surface area (Å²) in [6, 6.07) is -7.01. The average Bonchev–Trinajstić information content (AvgIpc) is 3.41. The Bertz CT molecular complexity index is 2160. The van der Waals surface area contributed by atoms with Crippen LogP contribution >= 0.6 is 0 Å². The number of carbonyl (C=O) groups is 5. The molecule has 4 amide bonds. The molecule has 38 heteroatoms. The summed E-state index contributed by atoms with van der Waals surface area (Å²) in [6.07, 6.45) is -54.1. The third-order valence-electron chi connectivity index (χ3n) is 14.6. The molecule has 0 aromatic carbocycles. The highest BCUT2D eigenvalue weighted by Gasteiger charge is 2.62. The first kappa shape index (κ1) is 72.0. The highest BCUT2D eigenvalue weighted by molar-refractivity contribution is 5.77. The summed E-state index contributed by atoms with van der Waals surface area (Å²) in [5.74, 6) is -9.08. The molecule has 492 valence electrons. The van der Waals surface area contributed by atoms with Gasteiger partial charge in [-0.3, -0.25) is 19.2 Å². The minimum atomic E-state index is -3.40. The van der Waals surface area contributed by atoms with Crippen molar-refractivity contribution in [3.8, 4) is 0 Å². The van der Waals surface area contributed by atoms with Crippen LogP contribution in [0.15, 0.2) is 0 Å². The second-order valence-corrected chi connectivity index (χ2v) is 20.9. The zero-order valence-corrected chi connectivity index (χ0v) is 46.0. The summed E-state index contributed by atoms with van der Waals surface area (Å²) < 4.78 is 58.0. The Morgan fingerprint density at radius 2 is 1.04 bits per heavy atom. The fourth-order valence-corrected chi connectivity index (χ4v) is 10.3. The maximum Gasteiger partial charge on any atom is 0.364 e. The SMILES string of the molecule is CC(=O)N[C@H]1[C@H](O[C@H]2[C@H](O)[C@@H](CO)O[C@@H](OC[C@@H](O)[C@H](O)[C@H](O[C@@H]3O[C@H](CO)[C@H](O[C@@H]4O[C@H](CO)[C@H](O)[C@H](O)[C@H]4O)[C@H](O[C@]4(C(=O)O)C[C@H](O)[C@@H](NC(C)=O)[C@H]([C@H](O)[C@H](O)CO)O4)[C@H]3O)[C@H](CO)NC(C)=O)[C@@H]2NC(C)=O)O[C@H](CO)[C@@H](O)[C@@H]1O. The van der Waals surface area contributed by atoms with Gasteiger partial charge in [0, 0.05) is 34.1 Å². The molecule has 85 heavy (non-hydrogen) atoms. The number of aliphatic hydroxyl groups excluding tert-OH is 18. The van der Waals surface area contributed by atoms with Crippen LogP contribution in [-0.4, -0.2) is 356 Å². The van der Waals surface area contributed by atoms with Crippen molar-refractivity contribution < 1.29 is 168 Å². The Morgan fingerprint density at radius 1 is 0.529 bits per heavy atom. The van der Waals surface area contributed by atoms with E-state index in [1.165, 1.54) is 0 Å². The van der Waals surface area contributed by atoms with Crippen molar-refractivity contribution in [2.45, 2.75) is 217 Å². The van der Waals surface area contributed by atoms with E-state index in [0.29, 0.717) is 0 Å². The number of aliphatic hydroxyl groups is 18. The van der Waals surface area contributed by atoms with Crippen molar-refractivity contribution in [2.24, 2.45) is 0 Å². The number of carboxylic acids is 1. The van der Waals surface area contributed by atoms with Gasteiger partial charge in [0.25, 0.3) is 5.79 Å². The van der Waals surface area contributed by atoms with Gasteiger partial charge in [-0.05, 0) is 0 Å². The molecule has 0 spiro atoms. The van der Waals surface area contributed by atoms with Gasteiger partial charge in [0.1, 0.15) is 134 Å². The normalized spacial score (nSPS) is 41.0. The smallest absolute Gasteiger partial charge is 0.364 e. The predicted octanol–water partition coefficient (Wildman–Crippen LogP) is -14.7. The Hall–Kier alpha value is -3.77. The number of hydrogen-bond donors (Lipinski definition) is 23. The first-order chi connectivity index (χ1) is 39.9. The van der Waals surface area contributed by atoms with Crippen molar-refractivity contribution in [3.05, 3.63) is 0 Å². The lowest BCUT2D eigenvalue weighted by Gasteiger charge is -2.52. The lowest BCUT2D eigenvalue weighted by molar-refractivity contribution is -0.398. The molecule has 0 radical (unpaired) electrons. The number of amides is 4. The van der Waals surface area contributed by atoms with Crippen LogP contribution < -0.4 is 21.3 Å². The second kappa shape index (κ2) is 31.6. The minimum absolute atomic E-state index is 0.781. The standard InChI is InChI=1S/C47H80N4O34/c1-13(58)48-17(6-52)37(29(66)20(64)12-76-42-27(51-16(4)61)39(32(69)23(10-56)77-42)83-43-26(50-15(3)60)33(70)30(67)21(8-54)78-43)81-45-36(73)41(38(24(11-57)80-45)82-44-35(72)34(71)31(68)22(9-55)79-44)85-47(46(74)75)5-18(62)25(49-14(2)59)40(84-47)28(65)19(63)7-53/h17-45,52-57,62-73H,5-12H2,1-4H3,(H,48,58)(H,49,59)(H,50,60)(H,51,61)(H,74,75)/t17-,18-,19+,20+,21+,22+,23+,24+,25+,26+,27+,28+,29-,30+,31-,32+,33+,34-,35+,36+,37+,38-,39+,40+,41+,42+,43-,44-,45-,47-/m0/s1. The fraction of sp³-hybridized carbons (Fsp3) is 0.894. The minimum Gasteiger partial charge on any atom is -0.477 e. The molecule has 5 fully saturated rings. The summed E-state index contributed by atoms with van der Waals surface area (Å²) >= 11 is 0. The van der Waals surface area contributed by atoms with Gasteiger partial charge in [-0.15, -0.1) is 0 Å². The molecule has 0 aromatic rings. The fourth-order valence-electron chi connectivity index (χ4n) is 10.3. The van der Waals surface area contributed by atoms with Crippen LogP contribution in [0, 0.1) is 0 Å². The number of ether oxygens (including phenoxy) is 10. The Balaban J connectivity index is 1.53. The van der Waals surface area contributed by atoms with Crippen LogP contribution in [-0.2, 0) is 71.3 Å². The Morgan fingerprint density at radius 3 is 1.56 bits per heavy atom. The van der Waals surface area contributed by atoms with E-state index in [0.717, 1.165) is 27.7 Å². The first-order valence-corrected chi connectivity index (χ1v) is 26.6. The molecular formula is C47H80N4O34. The van der Waals surface area contributed by atoms with Gasteiger partial charge >= 0.3 is 5.97 Å². The third-order valence-corrected chi connectivity index (χ3v) is 14.6. The van der Waals surface area contributed by atoms with Crippen molar-refractivity contribution in [1.82, 2.24) is 21.3 Å². The summed E-state index contributed by atoms with van der Waals surface area (Å²) in [4.78, 5) is 63.2. The van der Waals surface area contributed by atoms with Crippen molar-refractivity contribution in [1.29, 1.82) is 0 Å². The zero-order valence-electron chi connectivity index (χ0n) is 46.0. The predicted molar refractivity (Wildman–Crippen MR) is 265 cm³/mol. The van der Waals surface area contributed by atoms with E-state index in [1.807, 2.05) is 0 Å². The molecule has 23 N–H and O–H groups in total. The van der Waals surface area contributed by atoms with Crippen LogP contribution in [0.1, 0.15) is 34.1 Å². The van der Waals surface area contributed by atoms with E-state index in [1.54, 1.807) is 0 Å². The molecule has 5 aliphatic rings. The Labute approximate surface area is 482 Å². The average molecular weight is 1250 g/mol. The van der Waals surface area contributed by atoms with Crippen LogP contribution in [0.25, 0.3) is 0 Å². The molecule has 0 aromatic heterocycles. The summed E-state index contributed by atoms with van der Waals surface area (Å²) in [6.45, 7) is -3.96. The number of carbonyl (C=O) groups excluding carboxylic acids is 4. The number of nitrogens with one attached hydrogen (secondary N) is 4. The molecule has 0 unspecified atom stereocenters. The highest BCUT2D eigenvalue weighted by atomic mass is 16.8. The first-order valence-electron chi connectivity index (χ1n) is 26.6. The molecule has 5 rings (SSSR count). The maximum atomic E-state index is 13.5. The van der Waals surface area contributed by atoms with Crippen molar-refractivity contribution >= 4 is 29.6 Å². The van der Waals surface area contributed by atoms with Crippen LogP contribution in [0.5, 0.6) is 0 Å². The molecule has 5 aliphatic heterocycles. The largest absolute Gasteiger partial charge is 0.477 e. The number of carboxylic acid groups (broad SMARTS) is 1. The van der Waals surface area contributed by atoms with Gasteiger partial charge in [0.05, 0.1) is 64.4 Å². The van der Waals surface area contributed by atoms with Gasteiger partial charge in [-0.1, -0.05) is 0 Å². The monoisotopic (exact) mass is 1240 g/mol. The van der Waals surface area contributed by atoms with Crippen LogP contribution in [0.2, 0.25) is 0 Å². The topological polar surface area (TPSA) is 610 Å². The van der Waals surface area contributed by atoms with Crippen molar-refractivity contribution in [3.63, 3.8) is 0 Å². The number of rotatable bonds is 27. The van der Waals surface area contributed by atoms with E-state index in [9.17, 15) is 121 Å². The zero-order chi connectivity index (χ0) is 63.7. The van der Waals surface area contributed by atoms with Gasteiger partial charge in [0.15, 0.2) is 25.2 Å². The van der Waals surface area contributed by atoms with Crippen molar-refractivity contribution in [2.75, 3.05) is 46.2 Å². The summed E-state index contributed by atoms with van der Waals surface area (Å²) in [7, 11) is 0.